The number of carboxylic acids is 1. The highest BCUT2D eigenvalue weighted by atomic mass is 32.1. The van der Waals surface area contributed by atoms with Crippen molar-refractivity contribution in [2.24, 2.45) is 5.16 Å². The molecule has 97 valence electrons. The fraction of sp³-hybridized carbons (Fsp3) is 0.375. The molecule has 0 bridgehead atoms. The number of carboxylic acid groups (broad SMARTS) is 1. The molecule has 0 saturated heterocycles. The molecule has 0 aliphatic heterocycles. The average Bonchev–Trinajstić information content (AvgIpc) is 2.64. The van der Waals surface area contributed by atoms with Crippen LogP contribution in [-0.2, 0) is 14.4 Å². The van der Waals surface area contributed by atoms with E-state index in [2.05, 4.69) is 14.5 Å². The third kappa shape index (κ3) is 3.13. The number of nitrogens with two attached hydrogens (primary N) is 1. The summed E-state index contributed by atoms with van der Waals surface area (Å²) in [6.45, 7) is 2.49. The first-order chi connectivity index (χ1) is 8.24. The van der Waals surface area contributed by atoms with Crippen LogP contribution in [0.25, 0.3) is 0 Å². The molecule has 0 aromatic carbocycles. The van der Waals surface area contributed by atoms with E-state index >= 15 is 0 Å². The highest BCUT2D eigenvalue weighted by Gasteiger charge is 2.31. The number of aliphatic carboxylic acids is 1. The molecule has 18 heavy (non-hydrogen) atoms. The molecule has 0 atom stereocenters. The van der Waals surface area contributed by atoms with Gasteiger partial charge >= 0.3 is 5.97 Å². The largest absolute Gasteiger partial charge is 0.478 e. The second kappa shape index (κ2) is 4.96. The highest BCUT2D eigenvalue weighted by Crippen LogP contribution is 2.12. The first-order valence-corrected chi connectivity index (χ1v) is 5.36. The van der Waals surface area contributed by atoms with Crippen molar-refractivity contribution in [3.8, 4) is 0 Å². The number of nitrogens with one attached hydrogen (secondary N) is 1. The highest BCUT2D eigenvalue weighted by molar-refractivity contribution is 7.09. The number of nitrogen functional groups attached to an aromatic ring is 1. The van der Waals surface area contributed by atoms with E-state index in [-0.39, 0.29) is 11.0 Å². The van der Waals surface area contributed by atoms with Crippen LogP contribution in [0.1, 0.15) is 19.7 Å². The summed E-state index contributed by atoms with van der Waals surface area (Å²) in [6, 6.07) is 0. The fourth-order valence-electron chi connectivity index (χ4n) is 0.714. The minimum Gasteiger partial charge on any atom is -0.478 e. The number of hydrogen-bond donors (Lipinski definition) is 2. The zero-order valence-corrected chi connectivity index (χ0v) is 10.3. The summed E-state index contributed by atoms with van der Waals surface area (Å²) in [4.78, 5) is 30.2. The second-order valence-corrected chi connectivity index (χ2v) is 4.42. The first-order valence-electron chi connectivity index (χ1n) is 4.59. The molecule has 1 heterocycles. The predicted molar refractivity (Wildman–Crippen MR) is 61.8 cm³/mol. The van der Waals surface area contributed by atoms with E-state index in [0.29, 0.717) is 0 Å². The van der Waals surface area contributed by atoms with Crippen LogP contribution in [0.2, 0.25) is 0 Å². The lowest BCUT2D eigenvalue weighted by Crippen LogP contribution is -2.34. The number of oxime groups is 1. The molecule has 0 fully saturated rings. The lowest BCUT2D eigenvalue weighted by molar-refractivity contribution is -0.161. The summed E-state index contributed by atoms with van der Waals surface area (Å²) in [7, 11) is 0. The van der Waals surface area contributed by atoms with Gasteiger partial charge in [-0.3, -0.25) is 10.5 Å². The van der Waals surface area contributed by atoms with Gasteiger partial charge in [0.25, 0.3) is 5.91 Å². The second-order valence-electron chi connectivity index (χ2n) is 3.63. The van der Waals surface area contributed by atoms with Crippen LogP contribution in [0.5, 0.6) is 0 Å². The number of nitrogens with zero attached hydrogens (tertiary/aromatic N) is 3. The van der Waals surface area contributed by atoms with E-state index in [1.807, 2.05) is 0 Å². The Morgan fingerprint density at radius 1 is 1.56 bits per heavy atom. The van der Waals surface area contributed by atoms with Crippen molar-refractivity contribution < 1.29 is 19.5 Å². The molecular weight excluding hydrogens is 262 g/mol. The van der Waals surface area contributed by atoms with Gasteiger partial charge in [-0.1, -0.05) is 5.16 Å². The maximum atomic E-state index is 11.0. The van der Waals surface area contributed by atoms with E-state index < -0.39 is 23.2 Å². The Kier molecular flexibility index (Phi) is 3.81. The van der Waals surface area contributed by atoms with E-state index in [0.717, 1.165) is 11.5 Å². The van der Waals surface area contributed by atoms with Crippen LogP contribution in [0.15, 0.2) is 5.16 Å². The summed E-state index contributed by atoms with van der Waals surface area (Å²) in [6.07, 6.45) is 0. The number of aromatic nitrogens is 2. The molecule has 1 amide bonds. The molecule has 1 rings (SSSR count). The van der Waals surface area contributed by atoms with Crippen molar-refractivity contribution in [1.82, 2.24) is 15.1 Å². The minimum absolute atomic E-state index is 0.0939. The number of rotatable bonds is 5. The number of carbonyl (C=O) groups is 2. The lowest BCUT2D eigenvalue weighted by atomic mass is 10.1. The standard InChI is InChI=1S/C8H10N5O4S/c1-8(2,6(15)16)17-12-3(4(9)14)5-11-7(10)18-13-5/h9H,1-2H3,(H,15,16)(H2,10,11,13)/b12-3+. The van der Waals surface area contributed by atoms with Gasteiger partial charge in [-0.25, -0.2) is 4.79 Å². The fourth-order valence-corrected chi connectivity index (χ4v) is 1.15. The van der Waals surface area contributed by atoms with Crippen molar-refractivity contribution in [2.45, 2.75) is 19.4 Å². The van der Waals surface area contributed by atoms with Crippen molar-refractivity contribution in [3.05, 3.63) is 5.82 Å². The van der Waals surface area contributed by atoms with E-state index in [4.69, 9.17) is 21.4 Å². The molecule has 1 radical (unpaired) electrons. The maximum absolute atomic E-state index is 11.0. The molecule has 0 aliphatic carbocycles. The van der Waals surface area contributed by atoms with E-state index in [1.54, 1.807) is 0 Å². The normalized spacial score (nSPS) is 12.2. The Morgan fingerprint density at radius 3 is 2.56 bits per heavy atom. The van der Waals surface area contributed by atoms with Gasteiger partial charge in [0.15, 0.2) is 5.13 Å². The monoisotopic (exact) mass is 272 g/mol. The smallest absolute Gasteiger partial charge is 0.350 e. The van der Waals surface area contributed by atoms with Crippen LogP contribution in [-0.4, -0.2) is 37.7 Å². The third-order valence-electron chi connectivity index (χ3n) is 1.75. The van der Waals surface area contributed by atoms with Crippen LogP contribution < -0.4 is 11.5 Å². The molecule has 0 saturated carbocycles. The molecule has 1 aromatic heterocycles. The van der Waals surface area contributed by atoms with Gasteiger partial charge in [-0.15, -0.1) is 0 Å². The quantitative estimate of drug-likeness (QED) is 0.542. The van der Waals surface area contributed by atoms with E-state index in [1.165, 1.54) is 13.8 Å². The number of anilines is 1. The van der Waals surface area contributed by atoms with Crippen LogP contribution in [0, 0.1) is 0 Å². The summed E-state index contributed by atoms with van der Waals surface area (Å²) < 4.78 is 3.69. The van der Waals surface area contributed by atoms with Crippen molar-refractivity contribution in [2.75, 3.05) is 5.73 Å². The zero-order valence-electron chi connectivity index (χ0n) is 9.50. The van der Waals surface area contributed by atoms with Gasteiger partial charge in [0, 0.05) is 11.5 Å². The summed E-state index contributed by atoms with van der Waals surface area (Å²) in [5, 5.41) is 12.2. The average molecular weight is 272 g/mol. The molecule has 0 aliphatic rings. The van der Waals surface area contributed by atoms with Gasteiger partial charge in [0.1, 0.15) is 0 Å². The molecule has 4 N–H and O–H groups in total. The van der Waals surface area contributed by atoms with Crippen LogP contribution >= 0.6 is 11.5 Å². The van der Waals surface area contributed by atoms with Gasteiger partial charge in [0.2, 0.25) is 17.1 Å². The predicted octanol–water partition coefficient (Wildman–Crippen LogP) is -0.486. The van der Waals surface area contributed by atoms with Crippen molar-refractivity contribution >= 4 is 34.3 Å². The number of amides is 1. The summed E-state index contributed by atoms with van der Waals surface area (Å²) >= 11 is 0.818. The molecule has 9 nitrogen and oxygen atoms in total. The van der Waals surface area contributed by atoms with Crippen LogP contribution in [0.3, 0.4) is 0 Å². The molecule has 0 spiro atoms. The van der Waals surface area contributed by atoms with Gasteiger partial charge < -0.3 is 15.7 Å². The molecule has 10 heteroatoms. The summed E-state index contributed by atoms with van der Waals surface area (Å²) in [5.41, 5.74) is 10.2. The number of hydrogen-bond acceptors (Lipinski definition) is 8. The lowest BCUT2D eigenvalue weighted by Gasteiger charge is -2.16. The Hall–Kier alpha value is -2.23. The van der Waals surface area contributed by atoms with Crippen molar-refractivity contribution in [3.63, 3.8) is 0 Å². The SMILES string of the molecule is CC(C)(O/N=C(\C([NH])=O)c1nsc(N)n1)C(=O)O. The Bertz CT molecular complexity index is 509. The Labute approximate surface area is 106 Å². The molecule has 1 aromatic rings. The third-order valence-corrected chi connectivity index (χ3v) is 2.29. The van der Waals surface area contributed by atoms with Gasteiger partial charge in [-0.05, 0) is 13.8 Å². The Morgan fingerprint density at radius 2 is 2.17 bits per heavy atom. The van der Waals surface area contributed by atoms with Crippen molar-refractivity contribution in [1.29, 1.82) is 0 Å². The zero-order chi connectivity index (χ0) is 13.9. The number of carbonyl (C=O) groups excluding carboxylic acids is 1. The Balaban J connectivity index is 3.01. The van der Waals surface area contributed by atoms with E-state index in [9.17, 15) is 9.59 Å². The molecule has 0 unspecified atom stereocenters. The molecular formula is C8H10N5O4S. The van der Waals surface area contributed by atoms with Crippen LogP contribution in [0.4, 0.5) is 5.13 Å². The topological polar surface area (TPSA) is 152 Å². The van der Waals surface area contributed by atoms with Gasteiger partial charge in [0.05, 0.1) is 0 Å². The minimum atomic E-state index is -1.64. The summed E-state index contributed by atoms with van der Waals surface area (Å²) in [5.74, 6) is -2.64. The van der Waals surface area contributed by atoms with Gasteiger partial charge in [-0.2, -0.15) is 9.36 Å². The maximum Gasteiger partial charge on any atom is 0.350 e. The first kappa shape index (κ1) is 13.8.